The van der Waals surface area contributed by atoms with E-state index in [-0.39, 0.29) is 22.1 Å². The van der Waals surface area contributed by atoms with Crippen LogP contribution in [0.15, 0.2) is 18.2 Å². The molecule has 2 N–H and O–H groups in total. The molecule has 0 atom stereocenters. The Morgan fingerprint density at radius 2 is 2.18 bits per heavy atom. The molecule has 2 aromatic rings. The third-order valence-corrected chi connectivity index (χ3v) is 3.53. The summed E-state index contributed by atoms with van der Waals surface area (Å²) in [6, 6.07) is 4.03. The molecule has 22 heavy (non-hydrogen) atoms. The fourth-order valence-electron chi connectivity index (χ4n) is 1.92. The molecule has 0 bridgehead atoms. The lowest BCUT2D eigenvalue weighted by Crippen LogP contribution is -2.10. The van der Waals surface area contributed by atoms with Gasteiger partial charge in [-0.05, 0) is 18.6 Å². The first kappa shape index (κ1) is 15.7. The van der Waals surface area contributed by atoms with Gasteiger partial charge in [0.15, 0.2) is 5.69 Å². The molecule has 0 spiro atoms. The number of ether oxygens (including phenoxy) is 1. The van der Waals surface area contributed by atoms with Gasteiger partial charge in [0.1, 0.15) is 5.82 Å². The summed E-state index contributed by atoms with van der Waals surface area (Å²) in [5, 5.41) is -0.00801. The van der Waals surface area contributed by atoms with Gasteiger partial charge < -0.3 is 10.5 Å². The molecule has 1 aromatic carbocycles. The van der Waals surface area contributed by atoms with Gasteiger partial charge in [0.25, 0.3) is 0 Å². The number of esters is 1. The number of pyridine rings is 1. The van der Waals surface area contributed by atoms with Crippen LogP contribution in [-0.4, -0.2) is 18.1 Å². The summed E-state index contributed by atoms with van der Waals surface area (Å²) in [6.07, 6.45) is 0. The second kappa shape index (κ2) is 6.00. The zero-order chi connectivity index (χ0) is 16.4. The summed E-state index contributed by atoms with van der Waals surface area (Å²) < 4.78 is 18.4. The smallest absolute Gasteiger partial charge is 0.358 e. The van der Waals surface area contributed by atoms with Gasteiger partial charge in [-0.25, -0.2) is 19.0 Å². The SMILES string of the molecule is [C-]#[N+]c1ccc(-c2nc(C(=O)OC)c(Cl)c(N)c2C)cc1F. The Morgan fingerprint density at radius 3 is 2.73 bits per heavy atom. The van der Waals surface area contributed by atoms with Crippen LogP contribution < -0.4 is 5.73 Å². The number of anilines is 1. The molecule has 0 radical (unpaired) electrons. The molecule has 5 nitrogen and oxygen atoms in total. The van der Waals surface area contributed by atoms with Gasteiger partial charge in [-0.15, -0.1) is 0 Å². The van der Waals surface area contributed by atoms with Gasteiger partial charge in [0.2, 0.25) is 5.69 Å². The van der Waals surface area contributed by atoms with Crippen LogP contribution in [0.1, 0.15) is 16.1 Å². The maximum Gasteiger partial charge on any atom is 0.358 e. The Morgan fingerprint density at radius 1 is 1.50 bits per heavy atom. The molecule has 0 saturated heterocycles. The zero-order valence-corrected chi connectivity index (χ0v) is 12.5. The van der Waals surface area contributed by atoms with Gasteiger partial charge in [-0.3, -0.25) is 0 Å². The van der Waals surface area contributed by atoms with E-state index in [9.17, 15) is 9.18 Å². The van der Waals surface area contributed by atoms with Crippen molar-refractivity contribution in [3.63, 3.8) is 0 Å². The van der Waals surface area contributed by atoms with E-state index < -0.39 is 11.8 Å². The molecule has 112 valence electrons. The molecule has 0 fully saturated rings. The van der Waals surface area contributed by atoms with E-state index in [1.54, 1.807) is 6.92 Å². The van der Waals surface area contributed by atoms with E-state index in [2.05, 4.69) is 14.6 Å². The van der Waals surface area contributed by atoms with E-state index in [0.29, 0.717) is 16.8 Å². The Bertz CT molecular complexity index is 815. The Hall–Kier alpha value is -2.65. The number of nitrogens with zero attached hydrogens (tertiary/aromatic N) is 2. The lowest BCUT2D eigenvalue weighted by Gasteiger charge is -2.13. The Kier molecular flexibility index (Phi) is 4.29. The minimum Gasteiger partial charge on any atom is -0.464 e. The first-order valence-corrected chi connectivity index (χ1v) is 6.49. The number of hydrogen-bond acceptors (Lipinski definition) is 4. The summed E-state index contributed by atoms with van der Waals surface area (Å²) in [5.74, 6) is -1.42. The van der Waals surface area contributed by atoms with Gasteiger partial charge in [0.05, 0.1) is 30.1 Å². The predicted octanol–water partition coefficient (Wildman–Crippen LogP) is 3.77. The van der Waals surface area contributed by atoms with Crippen LogP contribution in [0.25, 0.3) is 16.1 Å². The van der Waals surface area contributed by atoms with Crippen molar-refractivity contribution in [3.05, 3.63) is 51.7 Å². The molecule has 0 unspecified atom stereocenters. The molecule has 1 aromatic heterocycles. The molecule has 0 amide bonds. The zero-order valence-electron chi connectivity index (χ0n) is 11.8. The average Bonchev–Trinajstić information content (AvgIpc) is 2.52. The fourth-order valence-corrected chi connectivity index (χ4v) is 2.18. The van der Waals surface area contributed by atoms with E-state index in [0.717, 1.165) is 6.07 Å². The Labute approximate surface area is 131 Å². The third-order valence-electron chi connectivity index (χ3n) is 3.15. The lowest BCUT2D eigenvalue weighted by atomic mass is 10.0. The number of aromatic nitrogens is 1. The van der Waals surface area contributed by atoms with Crippen molar-refractivity contribution in [1.82, 2.24) is 4.98 Å². The molecular weight excluding hydrogens is 309 g/mol. The normalized spacial score (nSPS) is 10.1. The molecule has 0 aliphatic rings. The second-order valence-electron chi connectivity index (χ2n) is 4.43. The Balaban J connectivity index is 2.70. The molecule has 1 heterocycles. The molecule has 0 aliphatic heterocycles. The topological polar surface area (TPSA) is 69.6 Å². The largest absolute Gasteiger partial charge is 0.464 e. The van der Waals surface area contributed by atoms with Crippen molar-refractivity contribution in [2.75, 3.05) is 12.8 Å². The highest BCUT2D eigenvalue weighted by Gasteiger charge is 2.21. The van der Waals surface area contributed by atoms with Crippen LogP contribution in [0.4, 0.5) is 15.8 Å². The lowest BCUT2D eigenvalue weighted by molar-refractivity contribution is 0.0594. The quantitative estimate of drug-likeness (QED) is 0.675. The van der Waals surface area contributed by atoms with Gasteiger partial charge >= 0.3 is 5.97 Å². The van der Waals surface area contributed by atoms with Crippen molar-refractivity contribution in [2.24, 2.45) is 0 Å². The summed E-state index contributed by atoms with van der Waals surface area (Å²) in [4.78, 5) is 18.9. The van der Waals surface area contributed by atoms with Crippen molar-refractivity contribution in [1.29, 1.82) is 0 Å². The van der Waals surface area contributed by atoms with Gasteiger partial charge in [-0.1, -0.05) is 23.7 Å². The highest BCUT2D eigenvalue weighted by atomic mass is 35.5. The maximum absolute atomic E-state index is 13.8. The average molecular weight is 320 g/mol. The van der Waals surface area contributed by atoms with Crippen LogP contribution in [0, 0.1) is 19.3 Å². The van der Waals surface area contributed by atoms with Gasteiger partial charge in [-0.2, -0.15) is 0 Å². The summed E-state index contributed by atoms with van der Waals surface area (Å²) >= 11 is 6.01. The highest BCUT2D eigenvalue weighted by Crippen LogP contribution is 2.34. The molecule has 7 heteroatoms. The standard InChI is InChI=1S/C15H11ClFN3O2/c1-7-12(18)11(16)14(15(21)22-3)20-13(7)8-4-5-10(19-2)9(17)6-8/h4-6H,1,3H3,(H2,18,20). The highest BCUT2D eigenvalue weighted by molar-refractivity contribution is 6.36. The van der Waals surface area contributed by atoms with Crippen LogP contribution in [0.3, 0.4) is 0 Å². The second-order valence-corrected chi connectivity index (χ2v) is 4.81. The van der Waals surface area contributed by atoms with Crippen molar-refractivity contribution >= 4 is 28.9 Å². The number of hydrogen-bond donors (Lipinski definition) is 1. The molecular formula is C15H11ClFN3O2. The minimum absolute atomic E-state index is 0.00801. The van der Waals surface area contributed by atoms with Crippen LogP contribution in [-0.2, 0) is 4.74 Å². The number of nitrogens with two attached hydrogens (primary N) is 1. The van der Waals surface area contributed by atoms with E-state index in [1.807, 2.05) is 0 Å². The third kappa shape index (κ3) is 2.59. The van der Waals surface area contributed by atoms with Crippen molar-refractivity contribution in [3.8, 4) is 11.3 Å². The van der Waals surface area contributed by atoms with Gasteiger partial charge in [0, 0.05) is 5.56 Å². The number of carbonyl (C=O) groups excluding carboxylic acids is 1. The van der Waals surface area contributed by atoms with Crippen LogP contribution in [0.2, 0.25) is 5.02 Å². The van der Waals surface area contributed by atoms with E-state index in [4.69, 9.17) is 23.9 Å². The van der Waals surface area contributed by atoms with Crippen LogP contribution in [0.5, 0.6) is 0 Å². The number of methoxy groups -OCH3 is 1. The summed E-state index contributed by atoms with van der Waals surface area (Å²) in [6.45, 7) is 8.51. The minimum atomic E-state index is -0.740. The molecule has 0 aliphatic carbocycles. The monoisotopic (exact) mass is 319 g/mol. The summed E-state index contributed by atoms with van der Waals surface area (Å²) in [5.41, 5.74) is 7.01. The fraction of sp³-hybridized carbons (Fsp3) is 0.133. The first-order chi connectivity index (χ1) is 10.4. The van der Waals surface area contributed by atoms with Crippen molar-refractivity contribution in [2.45, 2.75) is 6.92 Å². The number of carbonyl (C=O) groups is 1. The van der Waals surface area contributed by atoms with Crippen molar-refractivity contribution < 1.29 is 13.9 Å². The predicted molar refractivity (Wildman–Crippen MR) is 81.4 cm³/mol. The number of rotatable bonds is 2. The number of nitrogen functional groups attached to an aromatic ring is 1. The van der Waals surface area contributed by atoms with E-state index in [1.165, 1.54) is 19.2 Å². The molecule has 2 rings (SSSR count). The molecule has 0 saturated carbocycles. The first-order valence-electron chi connectivity index (χ1n) is 6.12. The summed E-state index contributed by atoms with van der Waals surface area (Å²) in [7, 11) is 1.19. The number of halogens is 2. The van der Waals surface area contributed by atoms with E-state index >= 15 is 0 Å². The number of benzene rings is 1. The van der Waals surface area contributed by atoms with Crippen LogP contribution >= 0.6 is 11.6 Å². The maximum atomic E-state index is 13.8.